The Morgan fingerprint density at radius 2 is 1.84 bits per heavy atom. The predicted octanol–water partition coefficient (Wildman–Crippen LogP) is 3.84. The zero-order valence-electron chi connectivity index (χ0n) is 17.0. The highest BCUT2D eigenvalue weighted by molar-refractivity contribution is 7.99. The van der Waals surface area contributed by atoms with Crippen LogP contribution in [0.1, 0.15) is 29.9 Å². The lowest BCUT2D eigenvalue weighted by Gasteiger charge is -2.16. The predicted molar refractivity (Wildman–Crippen MR) is 121 cm³/mol. The summed E-state index contributed by atoms with van der Waals surface area (Å²) in [5.41, 5.74) is 1.55. The van der Waals surface area contributed by atoms with E-state index in [1.54, 1.807) is 18.2 Å². The number of nitrogens with zero attached hydrogens (tertiary/aromatic N) is 3. The highest BCUT2D eigenvalue weighted by Crippen LogP contribution is 2.24. The number of halogens is 1. The van der Waals surface area contributed by atoms with Crippen molar-refractivity contribution in [1.29, 1.82) is 0 Å². The Hall–Kier alpha value is -3.39. The van der Waals surface area contributed by atoms with Crippen LogP contribution in [0.2, 0.25) is 0 Å². The number of rotatable bonds is 7. The van der Waals surface area contributed by atoms with Crippen LogP contribution in [0.4, 0.5) is 4.39 Å². The minimum atomic E-state index is -0.318. The maximum absolute atomic E-state index is 13.9. The Balaban J connectivity index is 1.38. The van der Waals surface area contributed by atoms with Gasteiger partial charge in [0.1, 0.15) is 5.82 Å². The number of nitrogen functional groups attached to an aromatic ring is 1. The minimum Gasteiger partial charge on any atom is -0.349 e. The van der Waals surface area contributed by atoms with E-state index >= 15 is 0 Å². The van der Waals surface area contributed by atoms with E-state index in [9.17, 15) is 9.18 Å². The van der Waals surface area contributed by atoms with Crippen LogP contribution >= 0.6 is 11.8 Å². The molecule has 31 heavy (non-hydrogen) atoms. The highest BCUT2D eigenvalue weighted by Gasteiger charge is 2.16. The molecule has 0 radical (unpaired) electrons. The first-order valence-electron chi connectivity index (χ1n) is 9.85. The summed E-state index contributed by atoms with van der Waals surface area (Å²) in [5, 5.41) is 13.8. The minimum absolute atomic E-state index is 0.135. The summed E-state index contributed by atoms with van der Waals surface area (Å²) >= 11 is 1.19. The fourth-order valence-corrected chi connectivity index (χ4v) is 4.14. The third-order valence-electron chi connectivity index (χ3n) is 5.04. The van der Waals surface area contributed by atoms with Gasteiger partial charge in [-0.25, -0.2) is 9.07 Å². The molecule has 0 aliphatic carbocycles. The molecule has 0 aliphatic rings. The van der Waals surface area contributed by atoms with Crippen molar-refractivity contribution < 1.29 is 9.18 Å². The normalized spacial score (nSPS) is 12.1. The zero-order chi connectivity index (χ0) is 21.8. The van der Waals surface area contributed by atoms with E-state index in [4.69, 9.17) is 5.84 Å². The van der Waals surface area contributed by atoms with Gasteiger partial charge in [-0.05, 0) is 34.9 Å². The molecule has 8 heteroatoms. The fourth-order valence-electron chi connectivity index (χ4n) is 3.46. The first kappa shape index (κ1) is 20.9. The van der Waals surface area contributed by atoms with Gasteiger partial charge in [-0.15, -0.1) is 10.2 Å². The van der Waals surface area contributed by atoms with Crippen molar-refractivity contribution in [2.24, 2.45) is 0 Å². The van der Waals surface area contributed by atoms with Crippen LogP contribution in [0.3, 0.4) is 0 Å². The molecule has 1 heterocycles. The van der Waals surface area contributed by atoms with Crippen molar-refractivity contribution in [1.82, 2.24) is 20.2 Å². The molecule has 1 aromatic heterocycles. The SMILES string of the molecule is C[C@@H](NC(=O)CSc1nnc(Cc2ccccc2F)n1N)c1cccc2ccccc12. The maximum Gasteiger partial charge on any atom is 0.230 e. The molecule has 0 fully saturated rings. The number of carbonyl (C=O) groups excluding carboxylic acids is 1. The Bertz CT molecular complexity index is 1220. The molecule has 4 aromatic rings. The van der Waals surface area contributed by atoms with Crippen LogP contribution in [0.15, 0.2) is 71.9 Å². The van der Waals surface area contributed by atoms with Gasteiger partial charge in [0.2, 0.25) is 11.1 Å². The molecule has 1 atom stereocenters. The molecule has 0 saturated carbocycles. The fraction of sp³-hybridized carbons (Fsp3) is 0.174. The smallest absolute Gasteiger partial charge is 0.230 e. The third kappa shape index (κ3) is 4.69. The second kappa shape index (κ2) is 9.18. The molecule has 3 aromatic carbocycles. The lowest BCUT2D eigenvalue weighted by atomic mass is 10.00. The number of nitrogens with two attached hydrogens (primary N) is 1. The molecular weight excluding hydrogens is 413 g/mol. The van der Waals surface area contributed by atoms with Crippen molar-refractivity contribution in [2.75, 3.05) is 11.6 Å². The Morgan fingerprint density at radius 1 is 1.10 bits per heavy atom. The third-order valence-corrected chi connectivity index (χ3v) is 5.98. The Kier molecular flexibility index (Phi) is 6.18. The van der Waals surface area contributed by atoms with Crippen LogP contribution in [0.5, 0.6) is 0 Å². The van der Waals surface area contributed by atoms with Crippen LogP contribution in [-0.4, -0.2) is 26.5 Å². The van der Waals surface area contributed by atoms with E-state index in [1.165, 1.54) is 22.5 Å². The summed E-state index contributed by atoms with van der Waals surface area (Å²) in [6.45, 7) is 1.96. The molecule has 4 rings (SSSR count). The quantitative estimate of drug-likeness (QED) is 0.340. The first-order valence-corrected chi connectivity index (χ1v) is 10.8. The maximum atomic E-state index is 13.9. The Labute approximate surface area is 183 Å². The van der Waals surface area contributed by atoms with Crippen LogP contribution in [0.25, 0.3) is 10.8 Å². The van der Waals surface area contributed by atoms with Crippen LogP contribution < -0.4 is 11.2 Å². The van der Waals surface area contributed by atoms with E-state index in [2.05, 4.69) is 33.7 Å². The Morgan fingerprint density at radius 3 is 2.68 bits per heavy atom. The lowest BCUT2D eigenvalue weighted by molar-refractivity contribution is -0.119. The number of fused-ring (bicyclic) bond motifs is 1. The van der Waals surface area contributed by atoms with Gasteiger partial charge in [0.05, 0.1) is 11.8 Å². The number of aromatic nitrogens is 3. The van der Waals surface area contributed by atoms with Gasteiger partial charge >= 0.3 is 0 Å². The standard InChI is InChI=1S/C23H22FN5OS/c1-15(18-11-6-9-16-7-2-4-10-19(16)18)26-22(30)14-31-23-28-27-21(29(23)25)13-17-8-3-5-12-20(17)24/h2-12,15H,13-14,25H2,1H3,(H,26,30)/t15-/m1/s1. The largest absolute Gasteiger partial charge is 0.349 e. The van der Waals surface area contributed by atoms with E-state index < -0.39 is 0 Å². The second-order valence-electron chi connectivity index (χ2n) is 7.18. The van der Waals surface area contributed by atoms with E-state index in [1.807, 2.05) is 31.2 Å². The van der Waals surface area contributed by atoms with E-state index in [-0.39, 0.29) is 29.9 Å². The van der Waals surface area contributed by atoms with Gasteiger partial charge in [0.25, 0.3) is 0 Å². The van der Waals surface area contributed by atoms with E-state index in [0.29, 0.717) is 16.5 Å². The summed E-state index contributed by atoms with van der Waals surface area (Å²) in [6.07, 6.45) is 0.223. The molecule has 0 bridgehead atoms. The number of hydrogen-bond donors (Lipinski definition) is 2. The molecule has 3 N–H and O–H groups in total. The number of carbonyl (C=O) groups is 1. The van der Waals surface area contributed by atoms with Crippen molar-refractivity contribution in [3.05, 3.63) is 89.5 Å². The number of nitrogens with one attached hydrogen (secondary N) is 1. The summed E-state index contributed by atoms with van der Waals surface area (Å²) in [4.78, 5) is 12.5. The summed E-state index contributed by atoms with van der Waals surface area (Å²) in [6, 6.07) is 20.5. The van der Waals surface area contributed by atoms with Crippen LogP contribution in [0, 0.1) is 5.82 Å². The number of thioether (sulfide) groups is 1. The second-order valence-corrected chi connectivity index (χ2v) is 8.13. The summed E-state index contributed by atoms with van der Waals surface area (Å²) < 4.78 is 15.2. The molecule has 1 amide bonds. The molecule has 0 unspecified atom stereocenters. The molecule has 158 valence electrons. The van der Waals surface area contributed by atoms with Gasteiger partial charge in [-0.3, -0.25) is 4.79 Å². The first-order chi connectivity index (χ1) is 15.0. The topological polar surface area (TPSA) is 85.8 Å². The molecule has 0 spiro atoms. The van der Waals surface area contributed by atoms with Gasteiger partial charge in [-0.2, -0.15) is 0 Å². The van der Waals surface area contributed by atoms with Gasteiger partial charge in [0.15, 0.2) is 5.82 Å². The van der Waals surface area contributed by atoms with E-state index in [0.717, 1.165) is 16.3 Å². The zero-order valence-corrected chi connectivity index (χ0v) is 17.8. The van der Waals surface area contributed by atoms with Crippen molar-refractivity contribution in [3.63, 3.8) is 0 Å². The molecule has 0 aliphatic heterocycles. The molecule has 6 nitrogen and oxygen atoms in total. The number of hydrogen-bond acceptors (Lipinski definition) is 5. The van der Waals surface area contributed by atoms with Gasteiger partial charge in [0, 0.05) is 6.42 Å². The molecular formula is C23H22FN5OS. The lowest BCUT2D eigenvalue weighted by Crippen LogP contribution is -2.28. The average Bonchev–Trinajstić information content (AvgIpc) is 3.12. The van der Waals surface area contributed by atoms with Crippen molar-refractivity contribution in [2.45, 2.75) is 24.5 Å². The van der Waals surface area contributed by atoms with Gasteiger partial charge in [-0.1, -0.05) is 72.4 Å². The van der Waals surface area contributed by atoms with Crippen LogP contribution in [-0.2, 0) is 11.2 Å². The molecule has 0 saturated heterocycles. The highest BCUT2D eigenvalue weighted by atomic mass is 32.2. The summed E-state index contributed by atoms with van der Waals surface area (Å²) in [7, 11) is 0. The average molecular weight is 436 g/mol. The van der Waals surface area contributed by atoms with Crippen molar-refractivity contribution in [3.8, 4) is 0 Å². The number of benzene rings is 3. The van der Waals surface area contributed by atoms with Crippen molar-refractivity contribution >= 4 is 28.4 Å². The monoisotopic (exact) mass is 435 g/mol. The summed E-state index contributed by atoms with van der Waals surface area (Å²) in [5.74, 6) is 6.18. The number of amides is 1. The van der Waals surface area contributed by atoms with Gasteiger partial charge < -0.3 is 11.2 Å².